The van der Waals surface area contributed by atoms with Crippen LogP contribution in [0.5, 0.6) is 5.75 Å². The van der Waals surface area contributed by atoms with E-state index in [0.717, 1.165) is 17.0 Å². The number of nitrogens with zero attached hydrogens (tertiary/aromatic N) is 4. The molecule has 3 aromatic rings. The van der Waals surface area contributed by atoms with Crippen LogP contribution in [0.25, 0.3) is 17.1 Å². The Morgan fingerprint density at radius 1 is 1.18 bits per heavy atom. The molecule has 1 saturated heterocycles. The summed E-state index contributed by atoms with van der Waals surface area (Å²) >= 11 is 2.85. The highest BCUT2D eigenvalue weighted by molar-refractivity contribution is 8.04. The number of esters is 1. The van der Waals surface area contributed by atoms with Gasteiger partial charge in [0.25, 0.3) is 0 Å². The zero-order chi connectivity index (χ0) is 23.9. The van der Waals surface area contributed by atoms with E-state index in [1.54, 1.807) is 18.9 Å². The van der Waals surface area contributed by atoms with Crippen LogP contribution in [0, 0.1) is 0 Å². The van der Waals surface area contributed by atoms with Crippen LogP contribution in [0.15, 0.2) is 70.9 Å². The van der Waals surface area contributed by atoms with Gasteiger partial charge in [0.2, 0.25) is 5.91 Å². The Hall–Kier alpha value is -3.24. The number of carbonyl (C=O) groups is 2. The third-order valence-electron chi connectivity index (χ3n) is 4.96. The Balaban J connectivity index is 1.56. The highest BCUT2D eigenvalue weighted by Crippen LogP contribution is 2.32. The Morgan fingerprint density at radius 2 is 2.00 bits per heavy atom. The van der Waals surface area contributed by atoms with E-state index in [1.807, 2.05) is 59.2 Å². The molecule has 0 aliphatic carbocycles. The number of methoxy groups -OCH3 is 1. The van der Waals surface area contributed by atoms with Crippen LogP contribution in [0.2, 0.25) is 0 Å². The third kappa shape index (κ3) is 5.45. The molecule has 0 N–H and O–H groups in total. The molecule has 2 heterocycles. The zero-order valence-electron chi connectivity index (χ0n) is 18.8. The van der Waals surface area contributed by atoms with Crippen LogP contribution in [0.1, 0.15) is 6.92 Å². The van der Waals surface area contributed by atoms with Crippen molar-refractivity contribution in [3.05, 3.63) is 65.7 Å². The molecule has 0 bridgehead atoms. The smallest absolute Gasteiger partial charge is 0.333 e. The number of benzene rings is 2. The highest BCUT2D eigenvalue weighted by atomic mass is 32.2. The van der Waals surface area contributed by atoms with Crippen molar-refractivity contribution in [1.82, 2.24) is 19.7 Å². The van der Waals surface area contributed by atoms with E-state index < -0.39 is 5.97 Å². The zero-order valence-corrected chi connectivity index (χ0v) is 20.5. The minimum Gasteiger partial charge on any atom is -0.497 e. The number of amides is 1. The second-order valence-electron chi connectivity index (χ2n) is 7.13. The minimum absolute atomic E-state index is 0.0252. The fourth-order valence-electron chi connectivity index (χ4n) is 3.40. The fraction of sp³-hybridized carbons (Fsp3) is 0.250. The lowest BCUT2D eigenvalue weighted by molar-refractivity contribution is -0.137. The summed E-state index contributed by atoms with van der Waals surface area (Å²) in [4.78, 5) is 25.8. The molecular weight excluding hydrogens is 472 g/mol. The second kappa shape index (κ2) is 11.3. The van der Waals surface area contributed by atoms with Gasteiger partial charge in [-0.3, -0.25) is 9.36 Å². The Bertz CT molecular complexity index is 1200. The second-order valence-corrected chi connectivity index (χ2v) is 9.18. The quantitative estimate of drug-likeness (QED) is 0.250. The molecule has 0 spiro atoms. The number of hydrogen-bond acceptors (Lipinski definition) is 8. The molecule has 34 heavy (non-hydrogen) atoms. The summed E-state index contributed by atoms with van der Waals surface area (Å²) in [5, 5.41) is 10.2. The maximum atomic E-state index is 12.4. The number of hydrogen-bond donors (Lipinski definition) is 0. The van der Waals surface area contributed by atoms with E-state index in [9.17, 15) is 9.59 Å². The van der Waals surface area contributed by atoms with E-state index in [-0.39, 0.29) is 5.91 Å². The van der Waals surface area contributed by atoms with Crippen molar-refractivity contribution < 1.29 is 19.1 Å². The van der Waals surface area contributed by atoms with Crippen molar-refractivity contribution in [2.75, 3.05) is 31.8 Å². The van der Waals surface area contributed by atoms with Gasteiger partial charge in [-0.1, -0.05) is 53.9 Å². The predicted octanol–water partition coefficient (Wildman–Crippen LogP) is 4.01. The first-order valence-electron chi connectivity index (χ1n) is 10.7. The topological polar surface area (TPSA) is 86.6 Å². The van der Waals surface area contributed by atoms with Gasteiger partial charge in [-0.25, -0.2) is 4.79 Å². The SMILES string of the molecule is CCOC(=O)C=C1SCC(=O)N1CCSc1nnc(-c2cccc(OC)c2)n1-c1ccccc1. The van der Waals surface area contributed by atoms with Gasteiger partial charge in [0.05, 0.1) is 30.6 Å². The molecule has 0 atom stereocenters. The molecule has 0 radical (unpaired) electrons. The van der Waals surface area contributed by atoms with Gasteiger partial charge in [-0.05, 0) is 31.2 Å². The van der Waals surface area contributed by atoms with Crippen molar-refractivity contribution in [1.29, 1.82) is 0 Å². The van der Waals surface area contributed by atoms with Gasteiger partial charge in [-0.2, -0.15) is 0 Å². The Labute approximate surface area is 206 Å². The van der Waals surface area contributed by atoms with Crippen LogP contribution in [0.3, 0.4) is 0 Å². The molecule has 0 saturated carbocycles. The Morgan fingerprint density at radius 3 is 2.76 bits per heavy atom. The summed E-state index contributed by atoms with van der Waals surface area (Å²) in [6.45, 7) is 2.49. The molecule has 4 rings (SSSR count). The Kier molecular flexibility index (Phi) is 7.91. The third-order valence-corrected chi connectivity index (χ3v) is 6.89. The first-order valence-corrected chi connectivity index (χ1v) is 12.7. The van der Waals surface area contributed by atoms with Gasteiger partial charge in [0.1, 0.15) is 5.75 Å². The summed E-state index contributed by atoms with van der Waals surface area (Å²) in [7, 11) is 1.63. The first-order chi connectivity index (χ1) is 16.6. The molecule has 0 unspecified atom stereocenters. The van der Waals surface area contributed by atoms with E-state index in [0.29, 0.717) is 40.7 Å². The van der Waals surface area contributed by atoms with Gasteiger partial charge < -0.3 is 14.4 Å². The number of rotatable bonds is 9. The molecule has 1 amide bonds. The monoisotopic (exact) mass is 496 g/mol. The highest BCUT2D eigenvalue weighted by Gasteiger charge is 2.27. The van der Waals surface area contributed by atoms with Crippen molar-refractivity contribution in [2.45, 2.75) is 12.1 Å². The van der Waals surface area contributed by atoms with E-state index >= 15 is 0 Å². The number of ether oxygens (including phenoxy) is 2. The maximum Gasteiger partial charge on any atom is 0.333 e. The van der Waals surface area contributed by atoms with E-state index in [1.165, 1.54) is 29.6 Å². The van der Waals surface area contributed by atoms with Crippen molar-refractivity contribution in [3.8, 4) is 22.8 Å². The van der Waals surface area contributed by atoms with Crippen LogP contribution < -0.4 is 4.74 Å². The molecule has 1 aliphatic rings. The summed E-state index contributed by atoms with van der Waals surface area (Å²) in [5.74, 6) is 1.86. The lowest BCUT2D eigenvalue weighted by Gasteiger charge is -2.17. The number of aromatic nitrogens is 3. The summed E-state index contributed by atoms with van der Waals surface area (Å²) < 4.78 is 12.4. The minimum atomic E-state index is -0.441. The summed E-state index contributed by atoms with van der Waals surface area (Å²) in [5.41, 5.74) is 1.82. The number of carbonyl (C=O) groups excluding carboxylic acids is 2. The average molecular weight is 497 g/mol. The molecular formula is C24H24N4O4S2. The van der Waals surface area contributed by atoms with Crippen molar-refractivity contribution in [2.24, 2.45) is 0 Å². The fourth-order valence-corrected chi connectivity index (χ4v) is 5.24. The van der Waals surface area contributed by atoms with Crippen molar-refractivity contribution in [3.63, 3.8) is 0 Å². The lowest BCUT2D eigenvalue weighted by atomic mass is 10.2. The van der Waals surface area contributed by atoms with Gasteiger partial charge in [0, 0.05) is 23.5 Å². The summed E-state index contributed by atoms with van der Waals surface area (Å²) in [6.07, 6.45) is 1.39. The lowest BCUT2D eigenvalue weighted by Crippen LogP contribution is -2.27. The van der Waals surface area contributed by atoms with Gasteiger partial charge in [-0.15, -0.1) is 10.2 Å². The molecule has 1 aromatic heterocycles. The largest absolute Gasteiger partial charge is 0.497 e. The number of thioether (sulfide) groups is 2. The van der Waals surface area contributed by atoms with Crippen LogP contribution in [-0.4, -0.2) is 63.3 Å². The molecule has 10 heteroatoms. The molecule has 1 aliphatic heterocycles. The van der Waals surface area contributed by atoms with E-state index in [2.05, 4.69) is 10.2 Å². The first kappa shape index (κ1) is 23.9. The standard InChI is InChI=1S/C24H24N4O4S2/c1-3-32-22(30)15-21-27(20(29)16-34-21)12-13-33-24-26-25-23(17-8-7-11-19(14-17)31-2)28(24)18-9-5-4-6-10-18/h4-11,14-15H,3,12-13,16H2,1-2H3. The molecule has 8 nitrogen and oxygen atoms in total. The van der Waals surface area contributed by atoms with Gasteiger partial charge >= 0.3 is 5.97 Å². The van der Waals surface area contributed by atoms with Crippen LogP contribution in [-0.2, 0) is 14.3 Å². The average Bonchev–Trinajstić information content (AvgIpc) is 3.43. The van der Waals surface area contributed by atoms with Crippen LogP contribution >= 0.6 is 23.5 Å². The van der Waals surface area contributed by atoms with Gasteiger partial charge in [0.15, 0.2) is 11.0 Å². The molecule has 1 fully saturated rings. The normalized spacial score (nSPS) is 14.6. The maximum absolute atomic E-state index is 12.4. The van der Waals surface area contributed by atoms with Crippen LogP contribution in [0.4, 0.5) is 0 Å². The molecule has 2 aromatic carbocycles. The molecule has 176 valence electrons. The van der Waals surface area contributed by atoms with Crippen molar-refractivity contribution >= 4 is 35.4 Å². The summed E-state index contributed by atoms with van der Waals surface area (Å²) in [6, 6.07) is 17.6. The predicted molar refractivity (Wildman–Crippen MR) is 133 cm³/mol. The number of para-hydroxylation sites is 1. The van der Waals surface area contributed by atoms with E-state index in [4.69, 9.17) is 9.47 Å².